The molecule has 0 aliphatic carbocycles. The van der Waals surface area contributed by atoms with Gasteiger partial charge in [0.2, 0.25) is 0 Å². The smallest absolute Gasteiger partial charge is 0.260 e. The van der Waals surface area contributed by atoms with Crippen LogP contribution in [0.15, 0.2) is 47.6 Å². The predicted molar refractivity (Wildman–Crippen MR) is 73.0 cm³/mol. The van der Waals surface area contributed by atoms with Gasteiger partial charge in [0.25, 0.3) is 0 Å². The molecule has 8 heteroatoms. The molecule has 1 aromatic carbocycles. The van der Waals surface area contributed by atoms with Crippen molar-refractivity contribution in [1.82, 2.24) is 9.29 Å². The van der Waals surface area contributed by atoms with Crippen LogP contribution in [0.1, 0.15) is 11.6 Å². The highest BCUT2D eigenvalue weighted by molar-refractivity contribution is 7.97. The Kier molecular flexibility index (Phi) is 5.02. The van der Waals surface area contributed by atoms with E-state index in [1.807, 2.05) is 0 Å². The molecule has 0 bridgehead atoms. The fourth-order valence-corrected chi connectivity index (χ4v) is 2.86. The fourth-order valence-electron chi connectivity index (χ4n) is 1.91. The van der Waals surface area contributed by atoms with E-state index in [1.54, 1.807) is 0 Å². The second kappa shape index (κ2) is 6.62. The van der Waals surface area contributed by atoms with Gasteiger partial charge < -0.3 is 0 Å². The molecule has 0 aliphatic heterocycles. The highest BCUT2D eigenvalue weighted by atomic mass is 32.2. The lowest BCUT2D eigenvalue weighted by atomic mass is 10.1. The molecule has 2 aromatic rings. The zero-order valence-electron chi connectivity index (χ0n) is 11.3. The molecule has 0 radical (unpaired) electrons. The molecule has 1 atom stereocenters. The van der Waals surface area contributed by atoms with Gasteiger partial charge >= 0.3 is 6.18 Å². The van der Waals surface area contributed by atoms with Gasteiger partial charge in [-0.2, -0.15) is 13.2 Å². The van der Waals surface area contributed by atoms with E-state index >= 15 is 0 Å². The first kappa shape index (κ1) is 16.7. The van der Waals surface area contributed by atoms with E-state index in [-0.39, 0.29) is 10.5 Å². The maximum atomic E-state index is 13.3. The highest BCUT2D eigenvalue weighted by Gasteiger charge is 2.44. The fraction of sp³-hybridized carbons (Fsp3) is 0.214. The lowest BCUT2D eigenvalue weighted by molar-refractivity contribution is -0.169. The molecule has 0 unspecified atom stereocenters. The number of aromatic nitrogens is 1. The second-order valence-electron chi connectivity index (χ2n) is 4.47. The lowest BCUT2D eigenvalue weighted by Gasteiger charge is -2.29. The summed E-state index contributed by atoms with van der Waals surface area (Å²) in [7, 11) is 1.23. The molecule has 0 saturated heterocycles. The molecule has 22 heavy (non-hydrogen) atoms. The summed E-state index contributed by atoms with van der Waals surface area (Å²) in [5.41, 5.74) is -0.103. The predicted octanol–water partition coefficient (Wildman–Crippen LogP) is 4.60. The molecule has 2 nitrogen and oxygen atoms in total. The lowest BCUT2D eigenvalue weighted by Crippen LogP contribution is -2.31. The third kappa shape index (κ3) is 4.17. The molecule has 0 saturated carbocycles. The minimum atomic E-state index is -4.57. The maximum Gasteiger partial charge on any atom is 0.408 e. The van der Waals surface area contributed by atoms with Gasteiger partial charge in [0.15, 0.2) is 0 Å². The Balaban J connectivity index is 2.27. The summed E-state index contributed by atoms with van der Waals surface area (Å²) in [5.74, 6) is -1.25. The average Bonchev–Trinajstić information content (AvgIpc) is 2.39. The van der Waals surface area contributed by atoms with Gasteiger partial charge in [-0.1, -0.05) is 12.1 Å². The minimum Gasteiger partial charge on any atom is -0.260 e. The molecular formula is C14H11F5N2S. The Morgan fingerprint density at radius 3 is 2.23 bits per heavy atom. The monoisotopic (exact) mass is 334 g/mol. The Morgan fingerprint density at radius 1 is 1.05 bits per heavy atom. The molecule has 0 aliphatic rings. The largest absolute Gasteiger partial charge is 0.408 e. The van der Waals surface area contributed by atoms with Gasteiger partial charge in [0.1, 0.15) is 17.7 Å². The van der Waals surface area contributed by atoms with E-state index in [0.29, 0.717) is 11.9 Å². The van der Waals surface area contributed by atoms with Crippen LogP contribution in [0, 0.1) is 11.6 Å². The quantitative estimate of drug-likeness (QED) is 0.600. The molecule has 1 aromatic heterocycles. The number of nitrogens with zero attached hydrogens (tertiary/aromatic N) is 2. The summed E-state index contributed by atoms with van der Waals surface area (Å²) < 4.78 is 66.8. The van der Waals surface area contributed by atoms with E-state index in [2.05, 4.69) is 4.98 Å². The Labute approximate surface area is 128 Å². The van der Waals surface area contributed by atoms with E-state index in [4.69, 9.17) is 0 Å². The van der Waals surface area contributed by atoms with Crippen LogP contribution in [0.2, 0.25) is 0 Å². The molecular weight excluding hydrogens is 323 g/mol. The van der Waals surface area contributed by atoms with Crippen molar-refractivity contribution in [3.05, 3.63) is 59.9 Å². The zero-order chi connectivity index (χ0) is 16.3. The van der Waals surface area contributed by atoms with Crippen molar-refractivity contribution in [2.24, 2.45) is 0 Å². The van der Waals surface area contributed by atoms with Gasteiger partial charge in [0, 0.05) is 11.1 Å². The van der Waals surface area contributed by atoms with Crippen molar-refractivity contribution in [1.29, 1.82) is 0 Å². The number of hydrogen-bond acceptors (Lipinski definition) is 3. The molecule has 0 spiro atoms. The maximum absolute atomic E-state index is 13.3. The Morgan fingerprint density at radius 2 is 1.68 bits per heavy atom. The Hall–Kier alpha value is -1.67. The van der Waals surface area contributed by atoms with Crippen LogP contribution < -0.4 is 0 Å². The van der Waals surface area contributed by atoms with Crippen LogP contribution in [0.5, 0.6) is 0 Å². The molecule has 0 fully saturated rings. The SMILES string of the molecule is CN(Sc1cncc(F)c1)[C@H](c1ccc(F)cc1)C(F)(F)F. The van der Waals surface area contributed by atoms with E-state index in [0.717, 1.165) is 40.8 Å². The summed E-state index contributed by atoms with van der Waals surface area (Å²) in [4.78, 5) is 3.82. The summed E-state index contributed by atoms with van der Waals surface area (Å²) >= 11 is 0.709. The first-order valence-electron chi connectivity index (χ1n) is 6.11. The zero-order valence-corrected chi connectivity index (χ0v) is 12.1. The van der Waals surface area contributed by atoms with Crippen molar-refractivity contribution >= 4 is 11.9 Å². The molecule has 0 amide bonds. The van der Waals surface area contributed by atoms with Gasteiger partial charge in [-0.3, -0.25) is 4.98 Å². The van der Waals surface area contributed by atoms with E-state index in [9.17, 15) is 22.0 Å². The standard InChI is InChI=1S/C14H11F5N2S/c1-21(22-12-6-11(16)7-20-8-12)13(14(17,18)19)9-2-4-10(15)5-3-9/h2-8,13H,1H3/t13-/m1/s1. The van der Waals surface area contributed by atoms with Crippen LogP contribution in [0.3, 0.4) is 0 Å². The van der Waals surface area contributed by atoms with Crippen molar-refractivity contribution < 1.29 is 22.0 Å². The normalized spacial score (nSPS) is 13.4. The van der Waals surface area contributed by atoms with Crippen LogP contribution in [-0.2, 0) is 0 Å². The number of alkyl halides is 3. The van der Waals surface area contributed by atoms with Gasteiger partial charge in [-0.05, 0) is 42.8 Å². The topological polar surface area (TPSA) is 16.1 Å². The first-order valence-corrected chi connectivity index (χ1v) is 6.88. The molecule has 1 heterocycles. The highest BCUT2D eigenvalue weighted by Crippen LogP contribution is 2.41. The summed E-state index contributed by atoms with van der Waals surface area (Å²) in [5, 5.41) is 0. The van der Waals surface area contributed by atoms with E-state index in [1.165, 1.54) is 13.2 Å². The molecule has 2 rings (SSSR count). The van der Waals surface area contributed by atoms with E-state index < -0.39 is 23.9 Å². The summed E-state index contributed by atoms with van der Waals surface area (Å²) in [6.07, 6.45) is -2.34. The van der Waals surface area contributed by atoms with Gasteiger partial charge in [-0.25, -0.2) is 13.1 Å². The van der Waals surface area contributed by atoms with Crippen LogP contribution in [-0.4, -0.2) is 22.5 Å². The summed E-state index contributed by atoms with van der Waals surface area (Å²) in [6, 6.07) is 3.23. The molecule has 0 N–H and O–H groups in total. The van der Waals surface area contributed by atoms with Crippen molar-refractivity contribution in [2.45, 2.75) is 17.1 Å². The third-order valence-electron chi connectivity index (χ3n) is 2.79. The molecule has 118 valence electrons. The first-order chi connectivity index (χ1) is 10.3. The number of pyridine rings is 1. The number of benzene rings is 1. The van der Waals surface area contributed by atoms with Crippen molar-refractivity contribution in [2.75, 3.05) is 7.05 Å². The number of halogens is 5. The van der Waals surface area contributed by atoms with Crippen LogP contribution >= 0.6 is 11.9 Å². The van der Waals surface area contributed by atoms with Gasteiger partial charge in [-0.15, -0.1) is 0 Å². The number of hydrogen-bond donors (Lipinski definition) is 0. The van der Waals surface area contributed by atoms with Crippen LogP contribution in [0.25, 0.3) is 0 Å². The average molecular weight is 334 g/mol. The second-order valence-corrected chi connectivity index (χ2v) is 5.70. The summed E-state index contributed by atoms with van der Waals surface area (Å²) in [6.45, 7) is 0. The van der Waals surface area contributed by atoms with Crippen molar-refractivity contribution in [3.8, 4) is 0 Å². The minimum absolute atomic E-state index is 0.103. The number of rotatable bonds is 4. The van der Waals surface area contributed by atoms with Crippen LogP contribution in [0.4, 0.5) is 22.0 Å². The Bertz CT molecular complexity index is 630. The van der Waals surface area contributed by atoms with Crippen molar-refractivity contribution in [3.63, 3.8) is 0 Å². The third-order valence-corrected chi connectivity index (χ3v) is 3.72. The van der Waals surface area contributed by atoms with Gasteiger partial charge in [0.05, 0.1) is 6.20 Å².